The number of carbonyl (C=O) groups excluding carboxylic acids is 2. The second-order valence-electron chi connectivity index (χ2n) is 10.0. The van der Waals surface area contributed by atoms with E-state index in [1.807, 2.05) is 61.5 Å². The van der Waals surface area contributed by atoms with Gasteiger partial charge in [0.25, 0.3) is 0 Å². The number of halogens is 1. The fraction of sp³-hybridized carbons (Fsp3) is 0.355. The van der Waals surface area contributed by atoms with Crippen molar-refractivity contribution in [1.29, 1.82) is 0 Å². The molecule has 42 heavy (non-hydrogen) atoms. The Morgan fingerprint density at radius 1 is 0.952 bits per heavy atom. The number of nitrogens with one attached hydrogen (secondary N) is 1. The van der Waals surface area contributed by atoms with Crippen LogP contribution in [0, 0.1) is 0 Å². The zero-order valence-corrected chi connectivity index (χ0v) is 26.2. The van der Waals surface area contributed by atoms with Crippen LogP contribution in [-0.2, 0) is 32.6 Å². The molecule has 1 aliphatic heterocycles. The lowest BCUT2D eigenvalue weighted by Gasteiger charge is -2.32. The standard InChI is InChI=1S/C31H36BrN3O6S/c1-3-33-31(37)27(20-23-8-5-4-6-9-23)34(22-24-11-13-25(32)14-12-24)30(36)10-7-17-35(42(2,38)39)26-15-16-28-29(21-26)41-19-18-40-28/h4-6,8-9,11-16,21,27H,3,7,10,17-20,22H2,1-2H3,(H,33,37)/t27-/m1/s1. The van der Waals surface area contributed by atoms with Crippen molar-refractivity contribution in [3.8, 4) is 11.5 Å². The molecule has 0 saturated carbocycles. The number of fused-ring (bicyclic) bond motifs is 1. The number of nitrogens with zero attached hydrogens (tertiary/aromatic N) is 2. The summed E-state index contributed by atoms with van der Waals surface area (Å²) in [5.74, 6) is 0.573. The normalized spacial score (nSPS) is 13.2. The summed E-state index contributed by atoms with van der Waals surface area (Å²) in [6, 6.07) is 21.5. The van der Waals surface area contributed by atoms with Crippen LogP contribution in [0.5, 0.6) is 11.5 Å². The Bertz CT molecular complexity index is 1470. The molecule has 1 N–H and O–H groups in total. The largest absolute Gasteiger partial charge is 0.486 e. The Morgan fingerprint density at radius 3 is 2.31 bits per heavy atom. The first-order valence-corrected chi connectivity index (χ1v) is 16.5. The molecule has 11 heteroatoms. The van der Waals surface area contributed by atoms with Gasteiger partial charge in [0, 0.05) is 43.0 Å². The second-order valence-corrected chi connectivity index (χ2v) is 12.8. The number of ether oxygens (including phenoxy) is 2. The number of likely N-dealkylation sites (N-methyl/N-ethyl adjacent to an activating group) is 1. The number of hydrogen-bond acceptors (Lipinski definition) is 6. The Balaban J connectivity index is 1.55. The van der Waals surface area contributed by atoms with Crippen LogP contribution in [0.15, 0.2) is 77.3 Å². The van der Waals surface area contributed by atoms with Crippen LogP contribution in [0.2, 0.25) is 0 Å². The van der Waals surface area contributed by atoms with Gasteiger partial charge in [-0.1, -0.05) is 58.4 Å². The van der Waals surface area contributed by atoms with Crippen molar-refractivity contribution < 1.29 is 27.5 Å². The maximum absolute atomic E-state index is 13.8. The van der Waals surface area contributed by atoms with Crippen LogP contribution in [0.4, 0.5) is 5.69 Å². The van der Waals surface area contributed by atoms with Gasteiger partial charge in [-0.25, -0.2) is 8.42 Å². The minimum Gasteiger partial charge on any atom is -0.486 e. The number of rotatable bonds is 13. The molecule has 0 bridgehead atoms. The van der Waals surface area contributed by atoms with E-state index in [9.17, 15) is 18.0 Å². The van der Waals surface area contributed by atoms with Gasteiger partial charge in [-0.15, -0.1) is 0 Å². The predicted octanol–water partition coefficient (Wildman–Crippen LogP) is 4.54. The van der Waals surface area contributed by atoms with Gasteiger partial charge in [0.2, 0.25) is 21.8 Å². The third-order valence-electron chi connectivity index (χ3n) is 6.85. The third-order valence-corrected chi connectivity index (χ3v) is 8.58. The first kappa shape index (κ1) is 31.4. The van der Waals surface area contributed by atoms with E-state index in [0.717, 1.165) is 21.9 Å². The highest BCUT2D eigenvalue weighted by atomic mass is 79.9. The molecular formula is C31H36BrN3O6S. The van der Waals surface area contributed by atoms with Gasteiger partial charge < -0.3 is 19.7 Å². The summed E-state index contributed by atoms with van der Waals surface area (Å²) in [5.41, 5.74) is 2.25. The van der Waals surface area contributed by atoms with Crippen LogP contribution in [0.25, 0.3) is 0 Å². The van der Waals surface area contributed by atoms with Crippen LogP contribution >= 0.6 is 15.9 Å². The maximum atomic E-state index is 13.8. The van der Waals surface area contributed by atoms with E-state index in [2.05, 4.69) is 21.2 Å². The van der Waals surface area contributed by atoms with Crippen LogP contribution in [-0.4, -0.2) is 63.7 Å². The first-order valence-electron chi connectivity index (χ1n) is 13.9. The first-order chi connectivity index (χ1) is 20.2. The predicted molar refractivity (Wildman–Crippen MR) is 166 cm³/mol. The summed E-state index contributed by atoms with van der Waals surface area (Å²) in [6.45, 7) is 3.41. The Kier molecular flexibility index (Phi) is 10.9. The fourth-order valence-corrected chi connectivity index (χ4v) is 6.05. The molecule has 1 atom stereocenters. The van der Waals surface area contributed by atoms with Crippen molar-refractivity contribution in [3.63, 3.8) is 0 Å². The zero-order chi connectivity index (χ0) is 30.1. The number of amides is 2. The molecule has 224 valence electrons. The van der Waals surface area contributed by atoms with E-state index in [1.165, 1.54) is 4.31 Å². The summed E-state index contributed by atoms with van der Waals surface area (Å²) in [6.07, 6.45) is 1.79. The molecule has 0 aliphatic carbocycles. The molecule has 0 saturated heterocycles. The van der Waals surface area contributed by atoms with Crippen molar-refractivity contribution in [2.24, 2.45) is 0 Å². The number of benzene rings is 3. The van der Waals surface area contributed by atoms with Gasteiger partial charge in [-0.05, 0) is 48.7 Å². The lowest BCUT2D eigenvalue weighted by molar-refractivity contribution is -0.141. The number of carbonyl (C=O) groups is 2. The summed E-state index contributed by atoms with van der Waals surface area (Å²) < 4.78 is 38.9. The van der Waals surface area contributed by atoms with Gasteiger partial charge in [-0.2, -0.15) is 0 Å². The topological polar surface area (TPSA) is 105 Å². The molecule has 0 radical (unpaired) electrons. The van der Waals surface area contributed by atoms with Gasteiger partial charge >= 0.3 is 0 Å². The average Bonchev–Trinajstić information content (AvgIpc) is 2.97. The minimum absolute atomic E-state index is 0.0534. The molecular weight excluding hydrogens is 622 g/mol. The average molecular weight is 659 g/mol. The van der Waals surface area contributed by atoms with Crippen molar-refractivity contribution in [2.75, 3.05) is 36.9 Å². The van der Waals surface area contributed by atoms with Gasteiger partial charge in [0.15, 0.2) is 11.5 Å². The quantitative estimate of drug-likeness (QED) is 0.289. The van der Waals surface area contributed by atoms with E-state index >= 15 is 0 Å². The molecule has 0 fully saturated rings. The lowest BCUT2D eigenvalue weighted by Crippen LogP contribution is -2.50. The molecule has 4 rings (SSSR count). The van der Waals surface area contributed by atoms with Crippen LogP contribution < -0.4 is 19.1 Å². The smallest absolute Gasteiger partial charge is 0.243 e. The molecule has 1 aliphatic rings. The van der Waals surface area contributed by atoms with Crippen molar-refractivity contribution >= 4 is 43.5 Å². The molecule has 0 spiro atoms. The number of hydrogen-bond donors (Lipinski definition) is 1. The zero-order valence-electron chi connectivity index (χ0n) is 23.8. The summed E-state index contributed by atoms with van der Waals surface area (Å²) >= 11 is 3.45. The number of sulfonamides is 1. The highest BCUT2D eigenvalue weighted by molar-refractivity contribution is 9.10. The van der Waals surface area contributed by atoms with Gasteiger partial charge in [-0.3, -0.25) is 13.9 Å². The summed E-state index contributed by atoms with van der Waals surface area (Å²) in [5, 5.41) is 2.89. The van der Waals surface area contributed by atoms with E-state index in [-0.39, 0.29) is 37.7 Å². The summed E-state index contributed by atoms with van der Waals surface area (Å²) in [7, 11) is -3.65. The molecule has 3 aromatic rings. The molecule has 0 aromatic heterocycles. The lowest BCUT2D eigenvalue weighted by atomic mass is 10.0. The van der Waals surface area contributed by atoms with Crippen LogP contribution in [0.1, 0.15) is 30.9 Å². The third kappa shape index (κ3) is 8.48. The van der Waals surface area contributed by atoms with Gasteiger partial charge in [0.05, 0.1) is 11.9 Å². The second kappa shape index (κ2) is 14.6. The molecule has 3 aromatic carbocycles. The van der Waals surface area contributed by atoms with E-state index in [4.69, 9.17) is 9.47 Å². The summed E-state index contributed by atoms with van der Waals surface area (Å²) in [4.78, 5) is 28.8. The minimum atomic E-state index is -3.65. The Hall–Kier alpha value is -3.57. The monoisotopic (exact) mass is 657 g/mol. The van der Waals surface area contributed by atoms with Crippen LogP contribution in [0.3, 0.4) is 0 Å². The molecule has 0 unspecified atom stereocenters. The van der Waals surface area contributed by atoms with Crippen molar-refractivity contribution in [2.45, 2.75) is 38.8 Å². The Morgan fingerprint density at radius 2 is 1.64 bits per heavy atom. The van der Waals surface area contributed by atoms with E-state index in [0.29, 0.717) is 43.4 Å². The molecule has 2 amide bonds. The van der Waals surface area contributed by atoms with Crippen molar-refractivity contribution in [3.05, 3.63) is 88.4 Å². The SMILES string of the molecule is CCNC(=O)[C@@H](Cc1ccccc1)N(Cc1ccc(Br)cc1)C(=O)CCCN(c1ccc2c(c1)OCCO2)S(C)(=O)=O. The maximum Gasteiger partial charge on any atom is 0.243 e. The van der Waals surface area contributed by atoms with Crippen molar-refractivity contribution in [1.82, 2.24) is 10.2 Å². The highest BCUT2D eigenvalue weighted by Crippen LogP contribution is 2.35. The highest BCUT2D eigenvalue weighted by Gasteiger charge is 2.30. The fourth-order valence-electron chi connectivity index (χ4n) is 4.82. The number of anilines is 1. The molecule has 1 heterocycles. The van der Waals surface area contributed by atoms with Gasteiger partial charge in [0.1, 0.15) is 19.3 Å². The molecule has 9 nitrogen and oxygen atoms in total. The van der Waals surface area contributed by atoms with E-state index < -0.39 is 16.1 Å². The Labute approximate surface area is 256 Å². The van der Waals surface area contributed by atoms with E-state index in [1.54, 1.807) is 23.1 Å².